The average molecular weight is 430 g/mol. The SMILES string of the molecule is C[Si](C)(C)O[Si](C)(C)CCCOC(COC(=O)/C=C/C(=O)[O-])CC(F)(F)F. The number of carbonyl (C=O) groups excluding carboxylic acids is 2. The van der Waals surface area contributed by atoms with Gasteiger partial charge in [0, 0.05) is 12.7 Å². The van der Waals surface area contributed by atoms with Crippen molar-refractivity contribution < 1.29 is 41.5 Å². The summed E-state index contributed by atoms with van der Waals surface area (Å²) in [4.78, 5) is 21.5. The number of hydrogen-bond donors (Lipinski definition) is 0. The first-order valence-electron chi connectivity index (χ1n) is 8.54. The Hall–Kier alpha value is -1.18. The van der Waals surface area contributed by atoms with Gasteiger partial charge in [-0.1, -0.05) is 0 Å². The summed E-state index contributed by atoms with van der Waals surface area (Å²) in [6, 6.07) is 0.740. The predicted octanol–water partition coefficient (Wildman–Crippen LogP) is 2.62. The van der Waals surface area contributed by atoms with Gasteiger partial charge in [0.25, 0.3) is 0 Å². The van der Waals surface area contributed by atoms with E-state index in [0.717, 1.165) is 6.04 Å². The van der Waals surface area contributed by atoms with Crippen LogP contribution in [0.5, 0.6) is 0 Å². The lowest BCUT2D eigenvalue weighted by atomic mass is 10.2. The summed E-state index contributed by atoms with van der Waals surface area (Å²) < 4.78 is 53.9. The maximum atomic E-state index is 12.6. The number of ether oxygens (including phenoxy) is 2. The van der Waals surface area contributed by atoms with E-state index in [0.29, 0.717) is 18.6 Å². The van der Waals surface area contributed by atoms with Crippen LogP contribution in [0.2, 0.25) is 38.8 Å². The molecule has 0 saturated heterocycles. The number of alkyl halides is 3. The van der Waals surface area contributed by atoms with Crippen LogP contribution in [0.4, 0.5) is 13.2 Å². The Kier molecular flexibility index (Phi) is 10.5. The number of carboxylic acids is 1. The van der Waals surface area contributed by atoms with Crippen molar-refractivity contribution in [3.8, 4) is 0 Å². The van der Waals surface area contributed by atoms with Crippen LogP contribution in [0.25, 0.3) is 0 Å². The van der Waals surface area contributed by atoms with E-state index in [-0.39, 0.29) is 6.61 Å². The Bertz CT molecular complexity index is 515. The van der Waals surface area contributed by atoms with Crippen LogP contribution in [0, 0.1) is 0 Å². The third-order valence-electron chi connectivity index (χ3n) is 3.09. The van der Waals surface area contributed by atoms with Crippen molar-refractivity contribution in [1.82, 2.24) is 0 Å². The van der Waals surface area contributed by atoms with Crippen molar-refractivity contribution in [3.05, 3.63) is 12.2 Å². The molecule has 0 aliphatic carbocycles. The standard InChI is InChI=1S/C16H29F3O6Si2/c1-26(2,3)25-27(4,5)10-6-9-23-13(11-16(17,18)19)12-24-15(22)8-7-14(20)21/h7-8,13H,6,9-12H2,1-5H3,(H,20,21)/p-1/b8-7+. The van der Waals surface area contributed by atoms with Crippen molar-refractivity contribution in [2.45, 2.75) is 63.9 Å². The normalized spacial score (nSPS) is 14.4. The molecule has 0 rings (SSSR count). The van der Waals surface area contributed by atoms with Crippen LogP contribution in [-0.4, -0.2) is 54.1 Å². The van der Waals surface area contributed by atoms with E-state index < -0.39 is 53.9 Å². The molecule has 1 unspecified atom stereocenters. The lowest BCUT2D eigenvalue weighted by Crippen LogP contribution is -2.42. The fourth-order valence-corrected chi connectivity index (χ4v) is 10.4. The van der Waals surface area contributed by atoms with E-state index in [1.165, 1.54) is 0 Å². The summed E-state index contributed by atoms with van der Waals surface area (Å²) in [5.41, 5.74) is 0. The van der Waals surface area contributed by atoms with Gasteiger partial charge in [0.2, 0.25) is 0 Å². The number of halogens is 3. The molecule has 0 aliphatic heterocycles. The number of carboxylic acid groups (broad SMARTS) is 1. The second-order valence-electron chi connectivity index (χ2n) is 7.67. The number of carbonyl (C=O) groups is 2. The molecule has 0 spiro atoms. The van der Waals surface area contributed by atoms with Crippen LogP contribution in [-0.2, 0) is 23.2 Å². The van der Waals surface area contributed by atoms with Gasteiger partial charge in [0.1, 0.15) is 12.7 Å². The molecule has 0 saturated carbocycles. The van der Waals surface area contributed by atoms with Crippen molar-refractivity contribution in [1.29, 1.82) is 0 Å². The molecule has 0 aromatic heterocycles. The molecule has 0 aromatic carbocycles. The highest BCUT2D eigenvalue weighted by Crippen LogP contribution is 2.24. The summed E-state index contributed by atoms with van der Waals surface area (Å²) in [7, 11) is -3.60. The second kappa shape index (κ2) is 11.0. The quantitative estimate of drug-likeness (QED) is 0.205. The third kappa shape index (κ3) is 16.7. The fourth-order valence-electron chi connectivity index (χ4n) is 2.41. The topological polar surface area (TPSA) is 84.9 Å². The second-order valence-corrected chi connectivity index (χ2v) is 16.7. The van der Waals surface area contributed by atoms with Gasteiger partial charge in [-0.15, -0.1) is 0 Å². The van der Waals surface area contributed by atoms with Gasteiger partial charge in [0.15, 0.2) is 16.6 Å². The summed E-state index contributed by atoms with van der Waals surface area (Å²) in [5.74, 6) is -2.69. The molecule has 27 heavy (non-hydrogen) atoms. The van der Waals surface area contributed by atoms with E-state index in [4.69, 9.17) is 8.85 Å². The van der Waals surface area contributed by atoms with Crippen LogP contribution < -0.4 is 5.11 Å². The third-order valence-corrected chi connectivity index (χ3v) is 9.30. The molecule has 0 amide bonds. The predicted molar refractivity (Wildman–Crippen MR) is 96.9 cm³/mol. The Morgan fingerprint density at radius 3 is 2.19 bits per heavy atom. The Morgan fingerprint density at radius 1 is 1.11 bits per heavy atom. The molecule has 158 valence electrons. The van der Waals surface area contributed by atoms with Crippen molar-refractivity contribution in [2.75, 3.05) is 13.2 Å². The fraction of sp³-hybridized carbons (Fsp3) is 0.750. The van der Waals surface area contributed by atoms with Crippen molar-refractivity contribution in [3.63, 3.8) is 0 Å². The molecule has 0 aromatic rings. The van der Waals surface area contributed by atoms with E-state index in [1.54, 1.807) is 0 Å². The molecule has 0 bridgehead atoms. The van der Waals surface area contributed by atoms with Gasteiger partial charge in [-0.25, -0.2) is 4.79 Å². The molecule has 0 N–H and O–H groups in total. The van der Waals surface area contributed by atoms with Crippen molar-refractivity contribution in [2.24, 2.45) is 0 Å². The zero-order chi connectivity index (χ0) is 21.3. The molecule has 11 heteroatoms. The molecular formula is C16H28F3O6Si2-. The van der Waals surface area contributed by atoms with Gasteiger partial charge in [-0.2, -0.15) is 13.2 Å². The van der Waals surface area contributed by atoms with Gasteiger partial charge >= 0.3 is 12.1 Å². The van der Waals surface area contributed by atoms with Gasteiger partial charge < -0.3 is 23.5 Å². The minimum absolute atomic E-state index is 0.0820. The summed E-state index contributed by atoms with van der Waals surface area (Å²) in [5, 5.41) is 10.2. The van der Waals surface area contributed by atoms with Crippen LogP contribution in [0.1, 0.15) is 12.8 Å². The molecule has 6 nitrogen and oxygen atoms in total. The zero-order valence-electron chi connectivity index (χ0n) is 16.4. The minimum atomic E-state index is -4.48. The highest BCUT2D eigenvalue weighted by atomic mass is 28.4. The van der Waals surface area contributed by atoms with Crippen LogP contribution >= 0.6 is 0 Å². The smallest absolute Gasteiger partial charge is 0.391 e. The van der Waals surface area contributed by atoms with E-state index in [2.05, 4.69) is 37.5 Å². The maximum absolute atomic E-state index is 12.6. The molecular weight excluding hydrogens is 401 g/mol. The summed E-state index contributed by atoms with van der Waals surface area (Å²) in [6.45, 7) is 9.83. The molecule has 0 fully saturated rings. The molecule has 0 radical (unpaired) electrons. The number of esters is 1. The minimum Gasteiger partial charge on any atom is -0.545 e. The van der Waals surface area contributed by atoms with E-state index in [9.17, 15) is 27.9 Å². The molecule has 0 heterocycles. The van der Waals surface area contributed by atoms with Crippen molar-refractivity contribution >= 4 is 28.6 Å². The Balaban J connectivity index is 4.49. The maximum Gasteiger partial charge on any atom is 0.391 e. The monoisotopic (exact) mass is 429 g/mol. The highest BCUT2D eigenvalue weighted by Gasteiger charge is 2.33. The summed E-state index contributed by atoms with van der Waals surface area (Å²) >= 11 is 0. The largest absolute Gasteiger partial charge is 0.545 e. The molecule has 0 aliphatic rings. The van der Waals surface area contributed by atoms with E-state index >= 15 is 0 Å². The van der Waals surface area contributed by atoms with E-state index in [1.807, 2.05) is 0 Å². The lowest BCUT2D eigenvalue weighted by Gasteiger charge is -2.31. The number of rotatable bonds is 12. The zero-order valence-corrected chi connectivity index (χ0v) is 18.4. The van der Waals surface area contributed by atoms with Crippen LogP contribution in [0.15, 0.2) is 12.2 Å². The highest BCUT2D eigenvalue weighted by molar-refractivity contribution is 6.84. The first-order chi connectivity index (χ1) is 12.1. The van der Waals surface area contributed by atoms with Gasteiger partial charge in [0.05, 0.1) is 12.4 Å². The summed E-state index contributed by atoms with van der Waals surface area (Å²) in [6.07, 6.45) is -5.55. The Morgan fingerprint density at radius 2 is 1.70 bits per heavy atom. The van der Waals surface area contributed by atoms with Gasteiger partial charge in [-0.3, -0.25) is 0 Å². The number of aliphatic carboxylic acids is 1. The average Bonchev–Trinajstić information content (AvgIpc) is 2.42. The lowest BCUT2D eigenvalue weighted by molar-refractivity contribution is -0.297. The van der Waals surface area contributed by atoms with Gasteiger partial charge in [-0.05, 0) is 51.3 Å². The number of hydrogen-bond acceptors (Lipinski definition) is 6. The Labute approximate surface area is 159 Å². The molecule has 1 atom stereocenters. The first kappa shape index (κ1) is 25.8. The first-order valence-corrected chi connectivity index (χ1v) is 15.1. The van der Waals surface area contributed by atoms with Crippen LogP contribution in [0.3, 0.4) is 0 Å².